The average molecular weight is 284 g/mol. The molecule has 0 aliphatic rings. The molecule has 84 valence electrons. The smallest absolute Gasteiger partial charge is 0.310 e. The van der Waals surface area contributed by atoms with Gasteiger partial charge in [-0.2, -0.15) is 5.26 Å². The normalized spacial score (nSPS) is 9.62. The minimum Gasteiger partial charge on any atom is -0.469 e. The molecule has 0 saturated heterocycles. The van der Waals surface area contributed by atoms with Crippen LogP contribution in [0.2, 0.25) is 0 Å². The van der Waals surface area contributed by atoms with Crippen LogP contribution in [0.25, 0.3) is 0 Å². The molecule has 0 unspecified atom stereocenters. The molecule has 0 aliphatic heterocycles. The third-order valence-electron chi connectivity index (χ3n) is 2.11. The second-order valence-corrected chi connectivity index (χ2v) is 3.98. The van der Waals surface area contributed by atoms with Crippen LogP contribution in [-0.2, 0) is 22.6 Å². The maximum Gasteiger partial charge on any atom is 0.310 e. The van der Waals surface area contributed by atoms with E-state index < -0.39 is 5.97 Å². The summed E-state index contributed by atoms with van der Waals surface area (Å²) in [6, 6.07) is 5.23. The van der Waals surface area contributed by atoms with Gasteiger partial charge in [0, 0.05) is 4.47 Å². The van der Waals surface area contributed by atoms with Gasteiger partial charge in [-0.3, -0.25) is 4.79 Å². The van der Waals surface area contributed by atoms with Crippen molar-refractivity contribution in [2.45, 2.75) is 13.0 Å². The van der Waals surface area contributed by atoms with Gasteiger partial charge >= 0.3 is 5.97 Å². The molecule has 0 bridgehead atoms. The van der Waals surface area contributed by atoms with Gasteiger partial charge in [0.05, 0.1) is 31.8 Å². The first kappa shape index (κ1) is 12.7. The Labute approximate surface area is 102 Å². The zero-order valence-corrected chi connectivity index (χ0v) is 10.2. The Morgan fingerprint density at radius 2 is 2.31 bits per heavy atom. The number of aliphatic hydroxyl groups excluding tert-OH is 1. The van der Waals surface area contributed by atoms with Crippen molar-refractivity contribution in [3.63, 3.8) is 0 Å². The number of hydrogen-bond donors (Lipinski definition) is 1. The van der Waals surface area contributed by atoms with E-state index >= 15 is 0 Å². The number of esters is 1. The Bertz CT molecular complexity index is 451. The summed E-state index contributed by atoms with van der Waals surface area (Å²) >= 11 is 3.27. The number of halogens is 1. The Morgan fingerprint density at radius 3 is 2.81 bits per heavy atom. The summed E-state index contributed by atoms with van der Waals surface area (Å²) < 4.78 is 5.17. The van der Waals surface area contributed by atoms with Crippen LogP contribution in [0.3, 0.4) is 0 Å². The lowest BCUT2D eigenvalue weighted by molar-refractivity contribution is -0.139. The van der Waals surface area contributed by atoms with Gasteiger partial charge in [-0.1, -0.05) is 15.9 Å². The Balaban J connectivity index is 3.18. The van der Waals surface area contributed by atoms with E-state index in [1.807, 2.05) is 6.07 Å². The third kappa shape index (κ3) is 2.81. The highest BCUT2D eigenvalue weighted by Crippen LogP contribution is 2.23. The van der Waals surface area contributed by atoms with Crippen LogP contribution >= 0.6 is 15.9 Å². The van der Waals surface area contributed by atoms with Crippen molar-refractivity contribution in [2.75, 3.05) is 7.11 Å². The topological polar surface area (TPSA) is 70.3 Å². The van der Waals surface area contributed by atoms with Crippen molar-refractivity contribution >= 4 is 21.9 Å². The van der Waals surface area contributed by atoms with Crippen LogP contribution in [-0.4, -0.2) is 18.2 Å². The molecular weight excluding hydrogens is 274 g/mol. The minimum absolute atomic E-state index is 0.0334. The van der Waals surface area contributed by atoms with Crippen molar-refractivity contribution in [3.05, 3.63) is 33.3 Å². The standard InChI is InChI=1S/C11H10BrNO3/c1-16-11(15)4-9-8(5-13)2-7(6-14)3-10(9)12/h2-3,14H,4,6H2,1H3. The van der Waals surface area contributed by atoms with E-state index in [2.05, 4.69) is 20.7 Å². The molecule has 1 aromatic rings. The quantitative estimate of drug-likeness (QED) is 0.854. The zero-order chi connectivity index (χ0) is 12.1. The highest BCUT2D eigenvalue weighted by molar-refractivity contribution is 9.10. The SMILES string of the molecule is COC(=O)Cc1c(Br)cc(CO)cc1C#N. The molecule has 0 amide bonds. The lowest BCUT2D eigenvalue weighted by atomic mass is 10.0. The summed E-state index contributed by atoms with van der Waals surface area (Å²) in [6.45, 7) is -0.147. The fourth-order valence-electron chi connectivity index (χ4n) is 1.28. The van der Waals surface area contributed by atoms with Gasteiger partial charge in [0.25, 0.3) is 0 Å². The van der Waals surface area contributed by atoms with E-state index in [0.29, 0.717) is 21.2 Å². The van der Waals surface area contributed by atoms with Crippen LogP contribution in [0.15, 0.2) is 16.6 Å². The molecule has 0 atom stereocenters. The number of carbonyl (C=O) groups is 1. The molecule has 0 fully saturated rings. The van der Waals surface area contributed by atoms with Gasteiger partial charge < -0.3 is 9.84 Å². The highest BCUT2D eigenvalue weighted by Gasteiger charge is 2.13. The predicted octanol–water partition coefficient (Wildman–Crippen LogP) is 1.53. The summed E-state index contributed by atoms with van der Waals surface area (Å²) in [6.07, 6.45) is 0.0334. The summed E-state index contributed by atoms with van der Waals surface area (Å²) in [5.41, 5.74) is 1.56. The first-order valence-corrected chi connectivity index (χ1v) is 5.30. The Morgan fingerprint density at radius 1 is 1.62 bits per heavy atom. The zero-order valence-electron chi connectivity index (χ0n) is 8.66. The molecular formula is C11H10BrNO3. The van der Waals surface area contributed by atoms with E-state index in [1.165, 1.54) is 7.11 Å². The number of benzene rings is 1. The lowest BCUT2D eigenvalue weighted by Gasteiger charge is -2.07. The van der Waals surface area contributed by atoms with Crippen LogP contribution in [0.5, 0.6) is 0 Å². The van der Waals surface area contributed by atoms with Gasteiger partial charge in [-0.25, -0.2) is 0 Å². The van der Waals surface area contributed by atoms with Gasteiger partial charge in [0.1, 0.15) is 0 Å². The summed E-state index contributed by atoms with van der Waals surface area (Å²) in [5, 5.41) is 17.9. The maximum absolute atomic E-state index is 11.2. The highest BCUT2D eigenvalue weighted by atomic mass is 79.9. The maximum atomic E-state index is 11.2. The van der Waals surface area contributed by atoms with Gasteiger partial charge in [-0.05, 0) is 23.3 Å². The Kier molecular flexibility index (Phi) is 4.47. The first-order valence-electron chi connectivity index (χ1n) is 4.51. The van der Waals surface area contributed by atoms with Crippen molar-refractivity contribution in [2.24, 2.45) is 0 Å². The van der Waals surface area contributed by atoms with Gasteiger partial charge in [0.15, 0.2) is 0 Å². The fourth-order valence-corrected chi connectivity index (χ4v) is 1.93. The van der Waals surface area contributed by atoms with E-state index in [0.717, 1.165) is 0 Å². The molecule has 5 heteroatoms. The third-order valence-corrected chi connectivity index (χ3v) is 2.81. The second kappa shape index (κ2) is 5.64. The molecule has 16 heavy (non-hydrogen) atoms. The van der Waals surface area contributed by atoms with Crippen LogP contribution in [0.1, 0.15) is 16.7 Å². The summed E-state index contributed by atoms with van der Waals surface area (Å²) in [4.78, 5) is 11.2. The number of hydrogen-bond acceptors (Lipinski definition) is 4. The number of nitrogens with zero attached hydrogens (tertiary/aromatic N) is 1. The van der Waals surface area contributed by atoms with Crippen molar-refractivity contribution < 1.29 is 14.6 Å². The van der Waals surface area contributed by atoms with E-state index in [4.69, 9.17) is 10.4 Å². The molecule has 1 N–H and O–H groups in total. The molecule has 0 radical (unpaired) electrons. The monoisotopic (exact) mass is 283 g/mol. The Hall–Kier alpha value is -1.38. The molecule has 4 nitrogen and oxygen atoms in total. The fraction of sp³-hybridized carbons (Fsp3) is 0.273. The largest absolute Gasteiger partial charge is 0.469 e. The number of carbonyl (C=O) groups excluding carboxylic acids is 1. The molecule has 0 aromatic heterocycles. The molecule has 1 aromatic carbocycles. The summed E-state index contributed by atoms with van der Waals surface area (Å²) in [7, 11) is 1.30. The predicted molar refractivity (Wildman–Crippen MR) is 60.5 cm³/mol. The average Bonchev–Trinajstić information content (AvgIpc) is 2.30. The van der Waals surface area contributed by atoms with Crippen molar-refractivity contribution in [1.29, 1.82) is 5.26 Å². The molecule has 0 spiro atoms. The molecule has 0 saturated carbocycles. The summed E-state index contributed by atoms with van der Waals surface area (Å²) in [5.74, 6) is -0.408. The molecule has 1 rings (SSSR count). The number of ether oxygens (including phenoxy) is 1. The number of rotatable bonds is 3. The van der Waals surface area contributed by atoms with E-state index in [-0.39, 0.29) is 13.0 Å². The van der Waals surface area contributed by atoms with E-state index in [1.54, 1.807) is 12.1 Å². The second-order valence-electron chi connectivity index (χ2n) is 3.13. The number of methoxy groups -OCH3 is 1. The van der Waals surface area contributed by atoms with Gasteiger partial charge in [-0.15, -0.1) is 0 Å². The van der Waals surface area contributed by atoms with Crippen molar-refractivity contribution in [3.8, 4) is 6.07 Å². The van der Waals surface area contributed by atoms with Crippen LogP contribution in [0.4, 0.5) is 0 Å². The molecule has 0 heterocycles. The number of nitriles is 1. The number of aliphatic hydroxyl groups is 1. The van der Waals surface area contributed by atoms with Crippen LogP contribution in [0, 0.1) is 11.3 Å². The van der Waals surface area contributed by atoms with Gasteiger partial charge in [0.2, 0.25) is 0 Å². The first-order chi connectivity index (χ1) is 7.62. The van der Waals surface area contributed by atoms with Crippen molar-refractivity contribution in [1.82, 2.24) is 0 Å². The molecule has 0 aliphatic carbocycles. The van der Waals surface area contributed by atoms with Crippen LogP contribution < -0.4 is 0 Å². The lowest BCUT2D eigenvalue weighted by Crippen LogP contribution is -2.07. The van der Waals surface area contributed by atoms with E-state index in [9.17, 15) is 4.79 Å². The minimum atomic E-state index is -0.408.